The van der Waals surface area contributed by atoms with E-state index < -0.39 is 22.9 Å². The van der Waals surface area contributed by atoms with Gasteiger partial charge in [0.15, 0.2) is 0 Å². The largest absolute Gasteiger partial charge is 0.492 e. The molecular weight excluding hydrogens is 179 g/mol. The van der Waals surface area contributed by atoms with Crippen LogP contribution in [0.25, 0.3) is 0 Å². The molecular formula is C7H7FN2O3. The molecule has 0 aromatic carbocycles. The van der Waals surface area contributed by atoms with E-state index in [1.807, 2.05) is 0 Å². The van der Waals surface area contributed by atoms with Gasteiger partial charge in [-0.25, -0.2) is 4.79 Å². The molecule has 1 aromatic heterocycles. The fourth-order valence-corrected chi connectivity index (χ4v) is 1.19. The number of aromatic hydroxyl groups is 1. The lowest BCUT2D eigenvalue weighted by Crippen LogP contribution is -2.31. The summed E-state index contributed by atoms with van der Waals surface area (Å²) in [5.41, 5.74) is -1.94. The fourth-order valence-electron chi connectivity index (χ4n) is 1.19. The maximum absolute atomic E-state index is 12.8. The van der Waals surface area contributed by atoms with E-state index in [0.717, 1.165) is 17.4 Å². The number of halogens is 1. The Balaban J connectivity index is 2.74. The zero-order chi connectivity index (χ0) is 9.59. The third-order valence-corrected chi connectivity index (χ3v) is 1.98. The van der Waals surface area contributed by atoms with Crippen molar-refractivity contribution in [2.45, 2.75) is 18.9 Å². The van der Waals surface area contributed by atoms with E-state index in [0.29, 0.717) is 0 Å². The quantitative estimate of drug-likeness (QED) is 0.633. The standard InChI is InChI=1S/C7H7FN2O3/c8-4-5(11)9-7(13)10(6(4)12)3-1-2-3/h3,12H,1-2H2,(H,9,11,13). The molecule has 1 aliphatic carbocycles. The van der Waals surface area contributed by atoms with Gasteiger partial charge in [0, 0.05) is 6.04 Å². The first-order valence-electron chi connectivity index (χ1n) is 3.84. The van der Waals surface area contributed by atoms with Gasteiger partial charge in [0.1, 0.15) is 0 Å². The van der Waals surface area contributed by atoms with Gasteiger partial charge < -0.3 is 5.11 Å². The maximum Gasteiger partial charge on any atom is 0.331 e. The second kappa shape index (κ2) is 2.45. The van der Waals surface area contributed by atoms with Crippen molar-refractivity contribution in [1.29, 1.82) is 0 Å². The highest BCUT2D eigenvalue weighted by molar-refractivity contribution is 5.12. The third kappa shape index (κ3) is 1.14. The average Bonchev–Trinajstić information content (AvgIpc) is 2.84. The van der Waals surface area contributed by atoms with E-state index in [2.05, 4.69) is 0 Å². The van der Waals surface area contributed by atoms with Crippen molar-refractivity contribution >= 4 is 0 Å². The van der Waals surface area contributed by atoms with Gasteiger partial charge in [-0.05, 0) is 12.8 Å². The molecule has 0 aliphatic heterocycles. The minimum absolute atomic E-state index is 0.168. The van der Waals surface area contributed by atoms with Crippen molar-refractivity contribution in [1.82, 2.24) is 9.55 Å². The smallest absolute Gasteiger partial charge is 0.331 e. The minimum Gasteiger partial charge on any atom is -0.492 e. The number of H-pyrrole nitrogens is 1. The second-order valence-electron chi connectivity index (χ2n) is 3.00. The predicted molar refractivity (Wildman–Crippen MR) is 41.2 cm³/mol. The molecule has 0 saturated heterocycles. The molecule has 0 amide bonds. The van der Waals surface area contributed by atoms with Gasteiger partial charge in [-0.2, -0.15) is 4.39 Å². The van der Waals surface area contributed by atoms with Crippen molar-refractivity contribution in [3.8, 4) is 5.88 Å². The Morgan fingerprint density at radius 1 is 1.46 bits per heavy atom. The Kier molecular flexibility index (Phi) is 1.51. The summed E-state index contributed by atoms with van der Waals surface area (Å²) >= 11 is 0. The highest BCUT2D eigenvalue weighted by Crippen LogP contribution is 2.35. The van der Waals surface area contributed by atoms with Gasteiger partial charge in [-0.3, -0.25) is 14.3 Å². The highest BCUT2D eigenvalue weighted by Gasteiger charge is 2.29. The minimum atomic E-state index is -1.30. The lowest BCUT2D eigenvalue weighted by Gasteiger charge is -2.04. The first kappa shape index (κ1) is 8.03. The van der Waals surface area contributed by atoms with Gasteiger partial charge in [0.2, 0.25) is 11.7 Å². The summed E-state index contributed by atoms with van der Waals surface area (Å²) in [6.45, 7) is 0. The summed E-state index contributed by atoms with van der Waals surface area (Å²) in [5.74, 6) is -2.16. The van der Waals surface area contributed by atoms with Crippen molar-refractivity contribution in [3.05, 3.63) is 26.7 Å². The van der Waals surface area contributed by atoms with Crippen LogP contribution in [-0.4, -0.2) is 14.7 Å². The summed E-state index contributed by atoms with van der Waals surface area (Å²) in [5, 5.41) is 9.14. The summed E-state index contributed by atoms with van der Waals surface area (Å²) in [6.07, 6.45) is 1.44. The van der Waals surface area contributed by atoms with Gasteiger partial charge >= 0.3 is 5.69 Å². The topological polar surface area (TPSA) is 75.1 Å². The van der Waals surface area contributed by atoms with Gasteiger partial charge in [0.25, 0.3) is 5.56 Å². The van der Waals surface area contributed by atoms with Crippen LogP contribution in [0.3, 0.4) is 0 Å². The lowest BCUT2D eigenvalue weighted by atomic mass is 10.5. The van der Waals surface area contributed by atoms with Gasteiger partial charge in [-0.15, -0.1) is 0 Å². The molecule has 70 valence electrons. The number of hydrogen-bond acceptors (Lipinski definition) is 3. The van der Waals surface area contributed by atoms with Crippen molar-refractivity contribution in [3.63, 3.8) is 0 Å². The number of aromatic amines is 1. The zero-order valence-electron chi connectivity index (χ0n) is 6.58. The summed E-state index contributed by atoms with van der Waals surface area (Å²) in [4.78, 5) is 23.5. The maximum atomic E-state index is 12.8. The Labute approximate surface area is 71.5 Å². The van der Waals surface area contributed by atoms with E-state index in [-0.39, 0.29) is 6.04 Å². The molecule has 2 N–H and O–H groups in total. The monoisotopic (exact) mass is 186 g/mol. The molecule has 1 heterocycles. The Hall–Kier alpha value is -1.59. The van der Waals surface area contributed by atoms with Crippen LogP contribution in [0.1, 0.15) is 18.9 Å². The van der Waals surface area contributed by atoms with E-state index in [1.54, 1.807) is 4.98 Å². The van der Waals surface area contributed by atoms with E-state index >= 15 is 0 Å². The SMILES string of the molecule is O=c1[nH]c(=O)n(C2CC2)c(O)c1F. The van der Waals surface area contributed by atoms with Crippen LogP contribution >= 0.6 is 0 Å². The number of nitrogens with one attached hydrogen (secondary N) is 1. The molecule has 1 fully saturated rings. The Bertz CT molecular complexity index is 458. The molecule has 0 radical (unpaired) electrons. The second-order valence-corrected chi connectivity index (χ2v) is 3.00. The van der Waals surface area contributed by atoms with Crippen LogP contribution in [0.4, 0.5) is 4.39 Å². The molecule has 2 rings (SSSR count). The zero-order valence-corrected chi connectivity index (χ0v) is 6.58. The van der Waals surface area contributed by atoms with Crippen molar-refractivity contribution in [2.75, 3.05) is 0 Å². The van der Waals surface area contributed by atoms with Gasteiger partial charge in [0.05, 0.1) is 0 Å². The average molecular weight is 186 g/mol. The fraction of sp³-hybridized carbons (Fsp3) is 0.429. The Morgan fingerprint density at radius 3 is 2.62 bits per heavy atom. The Morgan fingerprint density at radius 2 is 2.08 bits per heavy atom. The molecule has 5 nitrogen and oxygen atoms in total. The number of nitrogens with zero attached hydrogens (tertiary/aromatic N) is 1. The number of rotatable bonds is 1. The van der Waals surface area contributed by atoms with Crippen molar-refractivity contribution in [2.24, 2.45) is 0 Å². The van der Waals surface area contributed by atoms with Gasteiger partial charge in [-0.1, -0.05) is 0 Å². The molecule has 0 bridgehead atoms. The molecule has 1 aliphatic rings. The molecule has 1 saturated carbocycles. The molecule has 6 heteroatoms. The van der Waals surface area contributed by atoms with E-state index in [9.17, 15) is 14.0 Å². The highest BCUT2D eigenvalue weighted by atomic mass is 19.1. The third-order valence-electron chi connectivity index (χ3n) is 1.98. The first-order chi connectivity index (χ1) is 6.11. The van der Waals surface area contributed by atoms with E-state index in [1.165, 1.54) is 0 Å². The number of hydrogen-bond donors (Lipinski definition) is 2. The lowest BCUT2D eigenvalue weighted by molar-refractivity contribution is 0.361. The molecule has 1 aromatic rings. The first-order valence-corrected chi connectivity index (χ1v) is 3.84. The summed E-state index contributed by atoms with van der Waals surface area (Å²) in [7, 11) is 0. The van der Waals surface area contributed by atoms with Crippen LogP contribution < -0.4 is 11.2 Å². The summed E-state index contributed by atoms with van der Waals surface area (Å²) < 4.78 is 13.7. The normalized spacial score (nSPS) is 16.1. The predicted octanol–water partition coefficient (Wildman–Crippen LogP) is -0.284. The number of aromatic nitrogens is 2. The van der Waals surface area contributed by atoms with E-state index in [4.69, 9.17) is 5.11 Å². The molecule has 13 heavy (non-hydrogen) atoms. The van der Waals surface area contributed by atoms with Crippen LogP contribution in [-0.2, 0) is 0 Å². The molecule has 0 spiro atoms. The van der Waals surface area contributed by atoms with Crippen LogP contribution in [0.15, 0.2) is 9.59 Å². The van der Waals surface area contributed by atoms with Crippen LogP contribution in [0, 0.1) is 5.82 Å². The molecule has 0 atom stereocenters. The van der Waals surface area contributed by atoms with Crippen LogP contribution in [0.2, 0.25) is 0 Å². The van der Waals surface area contributed by atoms with Crippen LogP contribution in [0.5, 0.6) is 5.88 Å². The summed E-state index contributed by atoms with van der Waals surface area (Å²) in [6, 6.07) is -0.168. The van der Waals surface area contributed by atoms with Crippen molar-refractivity contribution < 1.29 is 9.50 Å². The molecule has 0 unspecified atom stereocenters.